The average molecular weight is 300 g/mol. The number of carbonyl (C=O) groups excluding carboxylic acids is 2. The zero-order valence-electron chi connectivity index (χ0n) is 12.7. The molecule has 3 atom stereocenters. The van der Waals surface area contributed by atoms with Gasteiger partial charge < -0.3 is 0 Å². The first kappa shape index (κ1) is 13.0. The average Bonchev–Trinajstić information content (AvgIpc) is 3.22. The molecule has 112 valence electrons. The van der Waals surface area contributed by atoms with E-state index in [0.29, 0.717) is 28.9 Å². The summed E-state index contributed by atoms with van der Waals surface area (Å²) < 4.78 is 0. The van der Waals surface area contributed by atoms with Gasteiger partial charge in [-0.25, -0.2) is 0 Å². The second kappa shape index (κ2) is 4.51. The first-order chi connectivity index (χ1) is 11.2. The standard InChI is InChI=1S/C21H16O2/c22-20-17-4-2-1-3-15(17)16-8-7-14(11-19(16)21(20)23)18-10-12-5-6-13(18)9-12/h1-8,11-13,18H,9-10H2. The van der Waals surface area contributed by atoms with E-state index >= 15 is 0 Å². The monoisotopic (exact) mass is 300 g/mol. The van der Waals surface area contributed by atoms with Gasteiger partial charge in [0.25, 0.3) is 0 Å². The Morgan fingerprint density at radius 2 is 1.48 bits per heavy atom. The highest BCUT2D eigenvalue weighted by Gasteiger charge is 2.37. The molecule has 5 rings (SSSR count). The van der Waals surface area contributed by atoms with Crippen LogP contribution in [-0.4, -0.2) is 11.6 Å². The SMILES string of the molecule is O=C1C(=O)c2cc(C3CC4C=CC3C4)ccc2-c2ccccc21. The maximum Gasteiger partial charge on any atom is 0.234 e. The van der Waals surface area contributed by atoms with Gasteiger partial charge in [-0.1, -0.05) is 48.6 Å². The molecule has 0 saturated heterocycles. The number of hydrogen-bond acceptors (Lipinski definition) is 2. The molecule has 0 aromatic heterocycles. The third-order valence-corrected chi connectivity index (χ3v) is 5.66. The first-order valence-corrected chi connectivity index (χ1v) is 8.23. The number of carbonyl (C=O) groups is 2. The van der Waals surface area contributed by atoms with Crippen LogP contribution in [-0.2, 0) is 0 Å². The van der Waals surface area contributed by atoms with Crippen LogP contribution in [0.3, 0.4) is 0 Å². The summed E-state index contributed by atoms with van der Waals surface area (Å²) in [5.74, 6) is 1.05. The number of hydrogen-bond donors (Lipinski definition) is 0. The van der Waals surface area contributed by atoms with Gasteiger partial charge in [-0.2, -0.15) is 0 Å². The van der Waals surface area contributed by atoms with Crippen molar-refractivity contribution < 1.29 is 9.59 Å². The summed E-state index contributed by atoms with van der Waals surface area (Å²) in [6, 6.07) is 13.6. The molecule has 2 nitrogen and oxygen atoms in total. The molecule has 0 radical (unpaired) electrons. The normalized spacial score (nSPS) is 27.2. The molecule has 0 spiro atoms. The maximum atomic E-state index is 12.5. The van der Waals surface area contributed by atoms with Crippen molar-refractivity contribution in [3.63, 3.8) is 0 Å². The van der Waals surface area contributed by atoms with Gasteiger partial charge in [0, 0.05) is 11.1 Å². The van der Waals surface area contributed by atoms with Gasteiger partial charge in [0.15, 0.2) is 0 Å². The van der Waals surface area contributed by atoms with Crippen molar-refractivity contribution in [2.45, 2.75) is 18.8 Å². The van der Waals surface area contributed by atoms with E-state index in [4.69, 9.17) is 0 Å². The molecule has 0 heterocycles. The summed E-state index contributed by atoms with van der Waals surface area (Å²) in [4.78, 5) is 24.9. The summed E-state index contributed by atoms with van der Waals surface area (Å²) in [5.41, 5.74) is 4.10. The van der Waals surface area contributed by atoms with E-state index in [-0.39, 0.29) is 11.6 Å². The Kier molecular flexibility index (Phi) is 2.55. The van der Waals surface area contributed by atoms with E-state index in [0.717, 1.165) is 11.1 Å². The van der Waals surface area contributed by atoms with Gasteiger partial charge in [-0.15, -0.1) is 0 Å². The van der Waals surface area contributed by atoms with E-state index in [2.05, 4.69) is 18.2 Å². The minimum absolute atomic E-state index is 0.362. The van der Waals surface area contributed by atoms with Crippen molar-refractivity contribution in [1.82, 2.24) is 0 Å². The summed E-state index contributed by atoms with van der Waals surface area (Å²) >= 11 is 0. The van der Waals surface area contributed by atoms with Gasteiger partial charge in [-0.3, -0.25) is 9.59 Å². The van der Waals surface area contributed by atoms with Crippen molar-refractivity contribution in [3.8, 4) is 11.1 Å². The second-order valence-electron chi connectivity index (χ2n) is 6.90. The topological polar surface area (TPSA) is 34.1 Å². The molecule has 0 amide bonds. The molecule has 1 saturated carbocycles. The molecule has 3 aliphatic carbocycles. The lowest BCUT2D eigenvalue weighted by atomic mass is 9.80. The fraction of sp³-hybridized carbons (Fsp3) is 0.238. The lowest BCUT2D eigenvalue weighted by Crippen LogP contribution is -2.21. The Labute approximate surface area is 134 Å². The van der Waals surface area contributed by atoms with E-state index < -0.39 is 0 Å². The zero-order valence-corrected chi connectivity index (χ0v) is 12.7. The second-order valence-corrected chi connectivity index (χ2v) is 6.90. The lowest BCUT2D eigenvalue weighted by Gasteiger charge is -2.22. The summed E-state index contributed by atoms with van der Waals surface area (Å²) in [5, 5.41) is 0. The Hall–Kier alpha value is -2.48. The van der Waals surface area contributed by atoms with Gasteiger partial charge >= 0.3 is 0 Å². The van der Waals surface area contributed by atoms with Crippen LogP contribution in [0.15, 0.2) is 54.6 Å². The van der Waals surface area contributed by atoms with Crippen LogP contribution in [0.1, 0.15) is 45.0 Å². The molecule has 2 aromatic carbocycles. The largest absolute Gasteiger partial charge is 0.285 e. The number of benzene rings is 2. The minimum Gasteiger partial charge on any atom is -0.285 e. The smallest absolute Gasteiger partial charge is 0.234 e. The number of ketones is 2. The molecule has 0 aliphatic heterocycles. The minimum atomic E-state index is -0.377. The molecule has 1 fully saturated rings. The Morgan fingerprint density at radius 1 is 0.739 bits per heavy atom. The van der Waals surface area contributed by atoms with Crippen molar-refractivity contribution in [2.75, 3.05) is 0 Å². The molecular weight excluding hydrogens is 284 g/mol. The van der Waals surface area contributed by atoms with Crippen molar-refractivity contribution in [1.29, 1.82) is 0 Å². The molecule has 23 heavy (non-hydrogen) atoms. The third-order valence-electron chi connectivity index (χ3n) is 5.66. The van der Waals surface area contributed by atoms with Crippen LogP contribution in [0.2, 0.25) is 0 Å². The van der Waals surface area contributed by atoms with E-state index in [1.807, 2.05) is 30.3 Å². The van der Waals surface area contributed by atoms with Gasteiger partial charge in [0.2, 0.25) is 11.6 Å². The molecular formula is C21H16O2. The molecule has 0 N–H and O–H groups in total. The predicted octanol–water partition coefficient (Wildman–Crippen LogP) is 4.41. The fourth-order valence-corrected chi connectivity index (χ4v) is 4.54. The zero-order chi connectivity index (χ0) is 15.6. The van der Waals surface area contributed by atoms with Gasteiger partial charge in [0.1, 0.15) is 0 Å². The highest BCUT2D eigenvalue weighted by molar-refractivity contribution is 6.53. The van der Waals surface area contributed by atoms with Crippen LogP contribution in [0.5, 0.6) is 0 Å². The molecule has 2 heteroatoms. The van der Waals surface area contributed by atoms with Crippen molar-refractivity contribution in [3.05, 3.63) is 71.3 Å². The van der Waals surface area contributed by atoms with Crippen LogP contribution >= 0.6 is 0 Å². The molecule has 3 unspecified atom stereocenters. The van der Waals surface area contributed by atoms with E-state index in [1.54, 1.807) is 6.07 Å². The molecule has 3 aliphatic rings. The first-order valence-electron chi connectivity index (χ1n) is 8.23. The number of Topliss-reactive ketones (excluding diaryl/α,β-unsaturated/α-hetero) is 2. The van der Waals surface area contributed by atoms with Crippen LogP contribution in [0.4, 0.5) is 0 Å². The Morgan fingerprint density at radius 3 is 2.22 bits per heavy atom. The summed E-state index contributed by atoms with van der Waals surface area (Å²) in [7, 11) is 0. The third kappa shape index (κ3) is 1.75. The van der Waals surface area contributed by atoms with Crippen LogP contribution in [0.25, 0.3) is 11.1 Å². The lowest BCUT2D eigenvalue weighted by molar-refractivity contribution is 0.0815. The highest BCUT2D eigenvalue weighted by Crippen LogP contribution is 2.49. The highest BCUT2D eigenvalue weighted by atomic mass is 16.2. The van der Waals surface area contributed by atoms with Crippen molar-refractivity contribution >= 4 is 11.6 Å². The number of rotatable bonds is 1. The predicted molar refractivity (Wildman–Crippen MR) is 88.6 cm³/mol. The van der Waals surface area contributed by atoms with E-state index in [1.165, 1.54) is 18.4 Å². The van der Waals surface area contributed by atoms with Crippen molar-refractivity contribution in [2.24, 2.45) is 11.8 Å². The maximum absolute atomic E-state index is 12.5. The van der Waals surface area contributed by atoms with Crippen LogP contribution < -0.4 is 0 Å². The van der Waals surface area contributed by atoms with E-state index in [9.17, 15) is 9.59 Å². The Balaban J connectivity index is 1.65. The van der Waals surface area contributed by atoms with Gasteiger partial charge in [-0.05, 0) is 53.4 Å². The van der Waals surface area contributed by atoms with Gasteiger partial charge in [0.05, 0.1) is 0 Å². The molecule has 2 bridgehead atoms. The Bertz CT molecular complexity index is 890. The quantitative estimate of drug-likeness (QED) is 0.577. The summed E-state index contributed by atoms with van der Waals surface area (Å²) in [6.45, 7) is 0. The fourth-order valence-electron chi connectivity index (χ4n) is 4.54. The molecule has 2 aromatic rings. The number of allylic oxidation sites excluding steroid dienone is 2. The summed E-state index contributed by atoms with van der Waals surface area (Å²) in [6.07, 6.45) is 7.04. The number of fused-ring (bicyclic) bond motifs is 5. The van der Waals surface area contributed by atoms with Crippen LogP contribution in [0, 0.1) is 11.8 Å².